The Kier molecular flexibility index (Phi) is 5.76. The normalized spacial score (nSPS) is 17.4. The van der Waals surface area contributed by atoms with E-state index >= 15 is 0 Å². The van der Waals surface area contributed by atoms with Crippen molar-refractivity contribution in [1.82, 2.24) is 10.3 Å². The minimum absolute atomic E-state index is 0.1000. The highest BCUT2D eigenvalue weighted by Gasteiger charge is 2.23. The average Bonchev–Trinajstić information content (AvgIpc) is 3.04. The second kappa shape index (κ2) is 7.36. The fourth-order valence-electron chi connectivity index (χ4n) is 2.89. The molecule has 21 heavy (non-hydrogen) atoms. The molecule has 2 rings (SSSR count). The van der Waals surface area contributed by atoms with Gasteiger partial charge >= 0.3 is 0 Å². The summed E-state index contributed by atoms with van der Waals surface area (Å²) in [5, 5.41) is 13.8. The molecule has 1 aromatic rings. The molecule has 1 unspecified atom stereocenters. The van der Waals surface area contributed by atoms with E-state index in [1.807, 2.05) is 6.92 Å². The van der Waals surface area contributed by atoms with Gasteiger partial charge < -0.3 is 10.4 Å². The highest BCUT2D eigenvalue weighted by atomic mass is 32.1. The van der Waals surface area contributed by atoms with Crippen LogP contribution in [0.5, 0.6) is 0 Å². The van der Waals surface area contributed by atoms with E-state index in [9.17, 15) is 9.90 Å². The quantitative estimate of drug-likeness (QED) is 0.848. The van der Waals surface area contributed by atoms with Crippen LogP contribution in [-0.4, -0.2) is 28.6 Å². The third-order valence-electron chi connectivity index (χ3n) is 3.97. The summed E-state index contributed by atoms with van der Waals surface area (Å²) >= 11 is 1.53. The molecule has 0 radical (unpaired) electrons. The summed E-state index contributed by atoms with van der Waals surface area (Å²) in [7, 11) is 0. The molecule has 0 spiro atoms. The Morgan fingerprint density at radius 2 is 2.10 bits per heavy atom. The summed E-state index contributed by atoms with van der Waals surface area (Å²) in [6.45, 7) is 6.33. The molecule has 1 saturated carbocycles. The molecule has 1 atom stereocenters. The van der Waals surface area contributed by atoms with Gasteiger partial charge in [-0.3, -0.25) is 4.79 Å². The molecular formula is C16H26N2O2S. The number of aromatic nitrogens is 1. The van der Waals surface area contributed by atoms with Crippen molar-refractivity contribution in [3.05, 3.63) is 15.6 Å². The van der Waals surface area contributed by atoms with Crippen LogP contribution in [0.1, 0.15) is 72.2 Å². The number of hydrogen-bond acceptors (Lipinski definition) is 4. The first-order valence-corrected chi connectivity index (χ1v) is 8.72. The third kappa shape index (κ3) is 4.51. The third-order valence-corrected chi connectivity index (χ3v) is 5.28. The van der Waals surface area contributed by atoms with Crippen molar-refractivity contribution in [2.45, 2.75) is 64.9 Å². The number of carbonyl (C=O) groups excluding carboxylic acids is 1. The highest BCUT2D eigenvalue weighted by molar-refractivity contribution is 7.13. The van der Waals surface area contributed by atoms with Crippen LogP contribution in [0.2, 0.25) is 0 Å². The smallest absolute Gasteiger partial charge is 0.263 e. The van der Waals surface area contributed by atoms with Gasteiger partial charge in [-0.25, -0.2) is 4.98 Å². The lowest BCUT2D eigenvalue weighted by molar-refractivity contribution is 0.0903. The Bertz CT molecular complexity index is 479. The van der Waals surface area contributed by atoms with Crippen molar-refractivity contribution in [3.63, 3.8) is 0 Å². The molecule has 0 saturated heterocycles. The van der Waals surface area contributed by atoms with Crippen LogP contribution in [0, 0.1) is 12.8 Å². The number of aliphatic hydroxyl groups is 1. The van der Waals surface area contributed by atoms with Crippen molar-refractivity contribution >= 4 is 17.2 Å². The molecule has 4 nitrogen and oxygen atoms in total. The number of nitrogens with one attached hydrogen (secondary N) is 1. The first-order valence-electron chi connectivity index (χ1n) is 7.91. The standard InChI is InChI=1S/C16H26N2O2S/c1-10(2)8-13(19)9-17-15(20)14-11(3)18-16(21-14)12-6-4-5-7-12/h10,12-13,19H,4-9H2,1-3H3,(H,17,20). The molecule has 5 heteroatoms. The fourth-order valence-corrected chi connectivity index (χ4v) is 4.05. The maximum absolute atomic E-state index is 12.2. The molecule has 1 aliphatic rings. The lowest BCUT2D eigenvalue weighted by Crippen LogP contribution is -2.32. The van der Waals surface area contributed by atoms with E-state index in [0.29, 0.717) is 29.7 Å². The minimum atomic E-state index is -0.475. The number of hydrogen-bond donors (Lipinski definition) is 2. The van der Waals surface area contributed by atoms with Gasteiger partial charge in [0.25, 0.3) is 5.91 Å². The van der Waals surface area contributed by atoms with Crippen LogP contribution in [0.4, 0.5) is 0 Å². The van der Waals surface area contributed by atoms with E-state index in [-0.39, 0.29) is 5.91 Å². The molecule has 1 amide bonds. The second-order valence-electron chi connectivity index (χ2n) is 6.44. The predicted octanol–water partition coefficient (Wildman–Crippen LogP) is 3.25. The second-order valence-corrected chi connectivity index (χ2v) is 7.47. The average molecular weight is 310 g/mol. The molecule has 1 aliphatic carbocycles. The summed E-state index contributed by atoms with van der Waals surface area (Å²) in [5.74, 6) is 0.870. The summed E-state index contributed by atoms with van der Waals surface area (Å²) < 4.78 is 0. The number of amides is 1. The van der Waals surface area contributed by atoms with Gasteiger partial charge in [-0.15, -0.1) is 11.3 Å². The highest BCUT2D eigenvalue weighted by Crippen LogP contribution is 2.37. The van der Waals surface area contributed by atoms with E-state index in [1.165, 1.54) is 37.0 Å². The SMILES string of the molecule is Cc1nc(C2CCCC2)sc1C(=O)NCC(O)CC(C)C. The molecule has 0 aliphatic heterocycles. The Morgan fingerprint density at radius 1 is 1.43 bits per heavy atom. The summed E-state index contributed by atoms with van der Waals surface area (Å²) in [6.07, 6.45) is 5.16. The lowest BCUT2D eigenvalue weighted by Gasteiger charge is -2.13. The van der Waals surface area contributed by atoms with Crippen molar-refractivity contribution < 1.29 is 9.90 Å². The van der Waals surface area contributed by atoms with Crippen LogP contribution in [0.15, 0.2) is 0 Å². The van der Waals surface area contributed by atoms with E-state index in [4.69, 9.17) is 0 Å². The fraction of sp³-hybridized carbons (Fsp3) is 0.750. The van der Waals surface area contributed by atoms with Gasteiger partial charge in [0.1, 0.15) is 4.88 Å². The van der Waals surface area contributed by atoms with Crippen LogP contribution >= 0.6 is 11.3 Å². The lowest BCUT2D eigenvalue weighted by atomic mass is 10.1. The van der Waals surface area contributed by atoms with E-state index in [1.54, 1.807) is 0 Å². The summed E-state index contributed by atoms with van der Waals surface area (Å²) in [6, 6.07) is 0. The maximum Gasteiger partial charge on any atom is 0.263 e. The first-order chi connectivity index (χ1) is 9.97. The van der Waals surface area contributed by atoms with Gasteiger partial charge in [0, 0.05) is 12.5 Å². The van der Waals surface area contributed by atoms with E-state index in [2.05, 4.69) is 24.1 Å². The van der Waals surface area contributed by atoms with Crippen molar-refractivity contribution in [2.24, 2.45) is 5.92 Å². The molecule has 0 bridgehead atoms. The Morgan fingerprint density at radius 3 is 2.71 bits per heavy atom. The number of rotatable bonds is 6. The van der Waals surface area contributed by atoms with Gasteiger partial charge in [0.05, 0.1) is 16.8 Å². The van der Waals surface area contributed by atoms with Crippen LogP contribution in [0.3, 0.4) is 0 Å². The molecule has 2 N–H and O–H groups in total. The van der Waals surface area contributed by atoms with E-state index in [0.717, 1.165) is 10.7 Å². The minimum Gasteiger partial charge on any atom is -0.391 e. The molecule has 0 aromatic carbocycles. The zero-order valence-electron chi connectivity index (χ0n) is 13.2. The Balaban J connectivity index is 1.93. The van der Waals surface area contributed by atoms with Gasteiger partial charge in [0.15, 0.2) is 0 Å². The largest absolute Gasteiger partial charge is 0.391 e. The molecule has 1 fully saturated rings. The number of nitrogens with zero attached hydrogens (tertiary/aromatic N) is 1. The Hall–Kier alpha value is -0.940. The number of thiazole rings is 1. The van der Waals surface area contributed by atoms with Gasteiger partial charge in [-0.2, -0.15) is 0 Å². The monoisotopic (exact) mass is 310 g/mol. The van der Waals surface area contributed by atoms with Crippen molar-refractivity contribution in [2.75, 3.05) is 6.54 Å². The number of aryl methyl sites for hydroxylation is 1. The summed E-state index contributed by atoms with van der Waals surface area (Å²) in [4.78, 5) is 17.5. The van der Waals surface area contributed by atoms with Crippen LogP contribution in [-0.2, 0) is 0 Å². The number of carbonyl (C=O) groups is 1. The van der Waals surface area contributed by atoms with Crippen LogP contribution in [0.25, 0.3) is 0 Å². The molecule has 118 valence electrons. The maximum atomic E-state index is 12.2. The number of aliphatic hydroxyl groups excluding tert-OH is 1. The van der Waals surface area contributed by atoms with Crippen molar-refractivity contribution in [1.29, 1.82) is 0 Å². The zero-order valence-corrected chi connectivity index (χ0v) is 14.0. The molecule has 1 aromatic heterocycles. The van der Waals surface area contributed by atoms with Crippen LogP contribution < -0.4 is 5.32 Å². The Labute approximate surface area is 131 Å². The van der Waals surface area contributed by atoms with E-state index < -0.39 is 6.10 Å². The zero-order chi connectivity index (χ0) is 15.4. The van der Waals surface area contributed by atoms with Gasteiger partial charge in [-0.1, -0.05) is 26.7 Å². The van der Waals surface area contributed by atoms with Gasteiger partial charge in [0.2, 0.25) is 0 Å². The topological polar surface area (TPSA) is 62.2 Å². The van der Waals surface area contributed by atoms with Crippen molar-refractivity contribution in [3.8, 4) is 0 Å². The summed E-state index contributed by atoms with van der Waals surface area (Å²) in [5.41, 5.74) is 0.817. The first kappa shape index (κ1) is 16.4. The molecular weight excluding hydrogens is 284 g/mol. The van der Waals surface area contributed by atoms with Gasteiger partial charge in [-0.05, 0) is 32.1 Å². The molecule has 1 heterocycles. The predicted molar refractivity (Wildman–Crippen MR) is 85.9 cm³/mol.